The molecule has 15 heavy (non-hydrogen) atoms. The van der Waals surface area contributed by atoms with E-state index in [0.717, 1.165) is 25.5 Å². The average molecular weight is 238 g/mol. The Labute approximate surface area is 90.7 Å². The number of carbonyl (C=O) groups excluding carboxylic acids is 1. The van der Waals surface area contributed by atoms with Crippen molar-refractivity contribution in [1.29, 1.82) is 0 Å². The van der Waals surface area contributed by atoms with Gasteiger partial charge in [-0.05, 0) is 6.42 Å². The van der Waals surface area contributed by atoms with Gasteiger partial charge in [-0.3, -0.25) is 0 Å². The molecule has 6 heteroatoms. The third-order valence-corrected chi connectivity index (χ3v) is 2.55. The number of sulfone groups is 1. The minimum atomic E-state index is -3.08. The molecular weight excluding hydrogens is 220 g/mol. The smallest absolute Gasteiger partial charge is 0.434 e. The van der Waals surface area contributed by atoms with Gasteiger partial charge in [-0.25, -0.2) is 13.2 Å². The first-order chi connectivity index (χ1) is 6.95. The Morgan fingerprint density at radius 2 is 1.73 bits per heavy atom. The monoisotopic (exact) mass is 238 g/mol. The van der Waals surface area contributed by atoms with Gasteiger partial charge in [-0.1, -0.05) is 19.8 Å². The van der Waals surface area contributed by atoms with E-state index in [0.29, 0.717) is 6.61 Å². The molecule has 0 aliphatic heterocycles. The molecule has 0 atom stereocenters. The standard InChI is InChI=1S/C9H18O5S/c1-3-4-5-6-13-9(10)14-7-8-15(2,11)12/h3-8H2,1-2H3. The summed E-state index contributed by atoms with van der Waals surface area (Å²) in [6, 6.07) is 0. The van der Waals surface area contributed by atoms with Gasteiger partial charge in [0.2, 0.25) is 0 Å². The molecule has 0 radical (unpaired) electrons. The molecule has 0 bridgehead atoms. The van der Waals surface area contributed by atoms with Crippen LogP contribution in [0.3, 0.4) is 0 Å². The fraction of sp³-hybridized carbons (Fsp3) is 0.889. The van der Waals surface area contributed by atoms with E-state index in [2.05, 4.69) is 4.74 Å². The van der Waals surface area contributed by atoms with Crippen LogP contribution >= 0.6 is 0 Å². The summed E-state index contributed by atoms with van der Waals surface area (Å²) < 4.78 is 30.6. The third kappa shape index (κ3) is 11.1. The molecule has 0 saturated heterocycles. The number of hydrogen-bond donors (Lipinski definition) is 0. The average Bonchev–Trinajstić information content (AvgIpc) is 2.10. The Balaban J connectivity index is 3.42. The summed E-state index contributed by atoms with van der Waals surface area (Å²) in [5, 5.41) is 0. The van der Waals surface area contributed by atoms with E-state index in [4.69, 9.17) is 4.74 Å². The highest BCUT2D eigenvalue weighted by Crippen LogP contribution is 1.96. The van der Waals surface area contributed by atoms with Crippen molar-refractivity contribution < 1.29 is 22.7 Å². The topological polar surface area (TPSA) is 69.7 Å². The van der Waals surface area contributed by atoms with Crippen LogP contribution in [-0.4, -0.2) is 39.8 Å². The van der Waals surface area contributed by atoms with Gasteiger partial charge in [0.15, 0.2) is 9.84 Å². The summed E-state index contributed by atoms with van der Waals surface area (Å²) in [4.78, 5) is 10.9. The summed E-state index contributed by atoms with van der Waals surface area (Å²) in [5.41, 5.74) is 0. The fourth-order valence-corrected chi connectivity index (χ4v) is 1.21. The van der Waals surface area contributed by atoms with E-state index >= 15 is 0 Å². The van der Waals surface area contributed by atoms with Crippen molar-refractivity contribution in [2.24, 2.45) is 0 Å². The Bertz CT molecular complexity index is 270. The van der Waals surface area contributed by atoms with Crippen LogP contribution in [0.4, 0.5) is 4.79 Å². The van der Waals surface area contributed by atoms with Crippen molar-refractivity contribution in [2.75, 3.05) is 25.2 Å². The highest BCUT2D eigenvalue weighted by atomic mass is 32.2. The minimum Gasteiger partial charge on any atom is -0.434 e. The van der Waals surface area contributed by atoms with Gasteiger partial charge in [0.1, 0.15) is 6.61 Å². The fourth-order valence-electron chi connectivity index (χ4n) is 0.826. The highest BCUT2D eigenvalue weighted by Gasteiger charge is 2.06. The lowest BCUT2D eigenvalue weighted by Gasteiger charge is -2.04. The zero-order chi connectivity index (χ0) is 11.7. The molecule has 0 aliphatic rings. The Morgan fingerprint density at radius 1 is 1.13 bits per heavy atom. The molecule has 90 valence electrons. The number of carbonyl (C=O) groups is 1. The van der Waals surface area contributed by atoms with Crippen LogP contribution in [0.15, 0.2) is 0 Å². The molecule has 0 rings (SSSR count). The lowest BCUT2D eigenvalue weighted by atomic mass is 10.3. The van der Waals surface area contributed by atoms with Gasteiger partial charge < -0.3 is 9.47 Å². The SMILES string of the molecule is CCCCCOC(=O)OCCS(C)(=O)=O. The maximum Gasteiger partial charge on any atom is 0.508 e. The van der Waals surface area contributed by atoms with Crippen molar-refractivity contribution >= 4 is 16.0 Å². The minimum absolute atomic E-state index is 0.147. The molecule has 0 spiro atoms. The van der Waals surface area contributed by atoms with Gasteiger partial charge in [0.25, 0.3) is 0 Å². The van der Waals surface area contributed by atoms with Crippen LogP contribution in [0.1, 0.15) is 26.2 Å². The first-order valence-corrected chi connectivity index (χ1v) is 6.99. The zero-order valence-corrected chi connectivity index (χ0v) is 10.0. The maximum absolute atomic E-state index is 10.9. The molecule has 0 unspecified atom stereocenters. The van der Waals surface area contributed by atoms with Crippen molar-refractivity contribution in [3.05, 3.63) is 0 Å². The summed E-state index contributed by atoms with van der Waals surface area (Å²) in [6.07, 6.45) is 3.14. The summed E-state index contributed by atoms with van der Waals surface area (Å²) in [6.45, 7) is 2.22. The molecule has 0 aliphatic carbocycles. The first kappa shape index (κ1) is 14.2. The van der Waals surface area contributed by atoms with E-state index in [1.807, 2.05) is 6.92 Å². The number of hydrogen-bond acceptors (Lipinski definition) is 5. The van der Waals surface area contributed by atoms with E-state index in [-0.39, 0.29) is 12.4 Å². The van der Waals surface area contributed by atoms with Crippen LogP contribution in [0.25, 0.3) is 0 Å². The largest absolute Gasteiger partial charge is 0.508 e. The second-order valence-corrected chi connectivity index (χ2v) is 5.54. The second kappa shape index (κ2) is 7.50. The summed E-state index contributed by atoms with van der Waals surface area (Å²) in [5.74, 6) is -0.170. The Hall–Kier alpha value is -0.780. The molecule has 0 aromatic carbocycles. The molecule has 0 fully saturated rings. The Morgan fingerprint density at radius 3 is 2.27 bits per heavy atom. The van der Waals surface area contributed by atoms with Gasteiger partial charge in [-0.15, -0.1) is 0 Å². The number of unbranched alkanes of at least 4 members (excludes halogenated alkanes) is 2. The van der Waals surface area contributed by atoms with E-state index in [1.165, 1.54) is 0 Å². The van der Waals surface area contributed by atoms with Crippen molar-refractivity contribution in [3.8, 4) is 0 Å². The highest BCUT2D eigenvalue weighted by molar-refractivity contribution is 7.90. The van der Waals surface area contributed by atoms with Crippen molar-refractivity contribution in [2.45, 2.75) is 26.2 Å². The predicted molar refractivity (Wildman–Crippen MR) is 56.5 cm³/mol. The van der Waals surface area contributed by atoms with Crippen LogP contribution in [-0.2, 0) is 19.3 Å². The second-order valence-electron chi connectivity index (χ2n) is 3.28. The van der Waals surface area contributed by atoms with Crippen molar-refractivity contribution in [1.82, 2.24) is 0 Å². The molecule has 0 N–H and O–H groups in total. The molecule has 0 aromatic heterocycles. The molecule has 5 nitrogen and oxygen atoms in total. The van der Waals surface area contributed by atoms with Crippen LogP contribution in [0.5, 0.6) is 0 Å². The predicted octanol–water partition coefficient (Wildman–Crippen LogP) is 1.37. The van der Waals surface area contributed by atoms with E-state index in [1.54, 1.807) is 0 Å². The summed E-state index contributed by atoms with van der Waals surface area (Å²) in [7, 11) is -3.08. The van der Waals surface area contributed by atoms with Gasteiger partial charge in [-0.2, -0.15) is 0 Å². The van der Waals surface area contributed by atoms with Crippen LogP contribution < -0.4 is 0 Å². The van der Waals surface area contributed by atoms with Crippen molar-refractivity contribution in [3.63, 3.8) is 0 Å². The normalized spacial score (nSPS) is 11.1. The van der Waals surface area contributed by atoms with E-state index < -0.39 is 16.0 Å². The molecule has 0 aromatic rings. The molecule has 0 heterocycles. The molecule has 0 saturated carbocycles. The van der Waals surface area contributed by atoms with Crippen LogP contribution in [0.2, 0.25) is 0 Å². The molecular formula is C9H18O5S. The maximum atomic E-state index is 10.9. The van der Waals surface area contributed by atoms with Gasteiger partial charge >= 0.3 is 6.16 Å². The Kier molecular flexibility index (Phi) is 7.11. The van der Waals surface area contributed by atoms with Gasteiger partial charge in [0.05, 0.1) is 12.4 Å². The number of rotatable bonds is 7. The van der Waals surface area contributed by atoms with Crippen LogP contribution in [0, 0.1) is 0 Å². The quantitative estimate of drug-likeness (QED) is 0.495. The van der Waals surface area contributed by atoms with E-state index in [9.17, 15) is 13.2 Å². The number of ether oxygens (including phenoxy) is 2. The molecule has 0 amide bonds. The zero-order valence-electron chi connectivity index (χ0n) is 9.19. The lowest BCUT2D eigenvalue weighted by Crippen LogP contribution is -2.15. The van der Waals surface area contributed by atoms with Gasteiger partial charge in [0, 0.05) is 6.26 Å². The third-order valence-electron chi connectivity index (χ3n) is 1.64. The summed E-state index contributed by atoms with van der Waals surface area (Å²) >= 11 is 0. The first-order valence-electron chi connectivity index (χ1n) is 4.93. The lowest BCUT2D eigenvalue weighted by molar-refractivity contribution is 0.0584.